The molecule has 0 bridgehead atoms. The van der Waals surface area contributed by atoms with Crippen LogP contribution in [-0.2, 0) is 16.0 Å². The minimum absolute atomic E-state index is 0.378. The molecule has 0 aliphatic heterocycles. The van der Waals surface area contributed by atoms with Crippen LogP contribution in [0.5, 0.6) is 5.75 Å². The lowest BCUT2D eigenvalue weighted by atomic mass is 9.71. The van der Waals surface area contributed by atoms with Crippen LogP contribution in [-0.4, -0.2) is 25.3 Å². The zero-order valence-corrected chi connectivity index (χ0v) is 15.1. The minimum atomic E-state index is -0.928. The molecule has 5 heteroatoms. The fraction of sp³-hybridized carbons (Fsp3) is 0.389. The number of rotatable bonds is 6. The zero-order valence-electron chi connectivity index (χ0n) is 13.6. The third-order valence-electron chi connectivity index (χ3n) is 4.50. The van der Waals surface area contributed by atoms with Gasteiger partial charge in [-0.2, -0.15) is 0 Å². The van der Waals surface area contributed by atoms with Gasteiger partial charge in [0.05, 0.1) is 25.4 Å². The van der Waals surface area contributed by atoms with Gasteiger partial charge in [-0.25, -0.2) is 0 Å². The van der Waals surface area contributed by atoms with Gasteiger partial charge in [-0.3, -0.25) is 4.79 Å². The summed E-state index contributed by atoms with van der Waals surface area (Å²) in [7, 11) is 3.20. The molecule has 0 heterocycles. The summed E-state index contributed by atoms with van der Waals surface area (Å²) in [6, 6.07) is 5.73. The summed E-state index contributed by atoms with van der Waals surface area (Å²) in [5, 5.41) is 9.86. The summed E-state index contributed by atoms with van der Waals surface area (Å²) in [6.07, 6.45) is 5.20. The van der Waals surface area contributed by atoms with E-state index in [0.29, 0.717) is 25.0 Å². The number of benzene rings is 1. The van der Waals surface area contributed by atoms with E-state index < -0.39 is 11.4 Å². The monoisotopic (exact) mass is 380 g/mol. The molecule has 1 unspecified atom stereocenters. The molecular formula is C18H21BrO4. The smallest absolute Gasteiger partial charge is 0.314 e. The van der Waals surface area contributed by atoms with Gasteiger partial charge in [0.25, 0.3) is 0 Å². The van der Waals surface area contributed by atoms with E-state index in [1.807, 2.05) is 37.3 Å². The molecule has 1 atom stereocenters. The first-order chi connectivity index (χ1) is 10.9. The van der Waals surface area contributed by atoms with Crippen molar-refractivity contribution in [1.29, 1.82) is 0 Å². The molecule has 0 radical (unpaired) electrons. The molecular weight excluding hydrogens is 360 g/mol. The van der Waals surface area contributed by atoms with Crippen molar-refractivity contribution in [2.24, 2.45) is 5.41 Å². The van der Waals surface area contributed by atoms with Crippen LogP contribution in [0.2, 0.25) is 0 Å². The third-order valence-corrected chi connectivity index (χ3v) is 5.27. The minimum Gasteiger partial charge on any atom is -0.501 e. The third kappa shape index (κ3) is 3.61. The Morgan fingerprint density at radius 1 is 1.30 bits per heavy atom. The number of allylic oxidation sites excluding steroid dienone is 3. The first-order valence-electron chi connectivity index (χ1n) is 7.40. The summed E-state index contributed by atoms with van der Waals surface area (Å²) < 4.78 is 11.5. The lowest BCUT2D eigenvalue weighted by Gasteiger charge is -2.33. The molecule has 1 N–H and O–H groups in total. The first-order valence-corrected chi connectivity index (χ1v) is 8.20. The van der Waals surface area contributed by atoms with Crippen LogP contribution in [0.3, 0.4) is 0 Å². The number of methoxy groups -OCH3 is 2. The lowest BCUT2D eigenvalue weighted by Crippen LogP contribution is -2.35. The van der Waals surface area contributed by atoms with Crippen LogP contribution >= 0.6 is 15.9 Å². The Morgan fingerprint density at radius 3 is 2.65 bits per heavy atom. The normalized spacial score (nSPS) is 20.5. The van der Waals surface area contributed by atoms with Gasteiger partial charge in [-0.1, -0.05) is 27.6 Å². The summed E-state index contributed by atoms with van der Waals surface area (Å²) in [5.74, 6) is 0.650. The molecule has 1 aromatic carbocycles. The van der Waals surface area contributed by atoms with Gasteiger partial charge in [-0.15, -0.1) is 0 Å². The molecule has 124 valence electrons. The maximum Gasteiger partial charge on any atom is 0.314 e. The lowest BCUT2D eigenvalue weighted by molar-refractivity contribution is -0.147. The van der Waals surface area contributed by atoms with E-state index in [-0.39, 0.29) is 0 Å². The van der Waals surface area contributed by atoms with Gasteiger partial charge in [0, 0.05) is 10.9 Å². The molecule has 1 aliphatic carbocycles. The predicted octanol–water partition coefficient (Wildman–Crippen LogP) is 4.34. The standard InChI is InChI=1S/C18H21BrO4/c1-12-4-5-15(23-3)11-18(12,17(20)21)9-8-13-10-14(22-2)6-7-16(13)19/h4-7,10H,8-9,11H2,1-3H3,(H,20,21). The molecule has 1 aliphatic rings. The van der Waals surface area contributed by atoms with Gasteiger partial charge in [-0.05, 0) is 49.6 Å². The Kier molecular flexibility index (Phi) is 5.52. The summed E-state index contributed by atoms with van der Waals surface area (Å²) >= 11 is 3.53. The number of aryl methyl sites for hydroxylation is 1. The number of hydrogen-bond donors (Lipinski definition) is 1. The molecule has 0 saturated carbocycles. The van der Waals surface area contributed by atoms with E-state index in [1.165, 1.54) is 0 Å². The van der Waals surface area contributed by atoms with Crippen molar-refractivity contribution in [3.8, 4) is 5.75 Å². The molecule has 0 amide bonds. The average Bonchev–Trinajstić information content (AvgIpc) is 2.55. The highest BCUT2D eigenvalue weighted by Crippen LogP contribution is 2.42. The van der Waals surface area contributed by atoms with E-state index in [1.54, 1.807) is 14.2 Å². The molecule has 4 nitrogen and oxygen atoms in total. The SMILES string of the molecule is COC1=CC=C(C)C(CCc2cc(OC)ccc2Br)(C(=O)O)C1. The molecule has 1 aromatic rings. The van der Waals surface area contributed by atoms with Crippen LogP contribution in [0, 0.1) is 5.41 Å². The van der Waals surface area contributed by atoms with Gasteiger partial charge in [0.15, 0.2) is 0 Å². The largest absolute Gasteiger partial charge is 0.501 e. The van der Waals surface area contributed by atoms with Crippen molar-refractivity contribution in [2.45, 2.75) is 26.2 Å². The molecule has 23 heavy (non-hydrogen) atoms. The molecule has 0 aromatic heterocycles. The fourth-order valence-electron chi connectivity index (χ4n) is 2.87. The Labute approximate surface area is 144 Å². The summed E-state index contributed by atoms with van der Waals surface area (Å²) in [6.45, 7) is 1.87. The highest BCUT2D eigenvalue weighted by Gasteiger charge is 2.42. The summed E-state index contributed by atoms with van der Waals surface area (Å²) in [4.78, 5) is 12.0. The second kappa shape index (κ2) is 7.21. The first kappa shape index (κ1) is 17.6. The van der Waals surface area contributed by atoms with Gasteiger partial charge in [0.2, 0.25) is 0 Å². The number of ether oxygens (including phenoxy) is 2. The van der Waals surface area contributed by atoms with Crippen molar-refractivity contribution < 1.29 is 19.4 Å². The molecule has 0 spiro atoms. The van der Waals surface area contributed by atoms with E-state index in [0.717, 1.165) is 21.4 Å². The highest BCUT2D eigenvalue weighted by molar-refractivity contribution is 9.10. The number of aliphatic carboxylic acids is 1. The topological polar surface area (TPSA) is 55.8 Å². The van der Waals surface area contributed by atoms with E-state index >= 15 is 0 Å². The highest BCUT2D eigenvalue weighted by atomic mass is 79.9. The van der Waals surface area contributed by atoms with Crippen molar-refractivity contribution in [3.63, 3.8) is 0 Å². The second-order valence-electron chi connectivity index (χ2n) is 5.71. The molecule has 2 rings (SSSR count). The number of carboxylic acid groups (broad SMARTS) is 1. The van der Waals surface area contributed by atoms with Gasteiger partial charge < -0.3 is 14.6 Å². The van der Waals surface area contributed by atoms with Crippen molar-refractivity contribution in [2.75, 3.05) is 14.2 Å². The number of carbonyl (C=O) groups is 1. The quantitative estimate of drug-likeness (QED) is 0.797. The van der Waals surface area contributed by atoms with Crippen molar-refractivity contribution in [1.82, 2.24) is 0 Å². The van der Waals surface area contributed by atoms with Crippen molar-refractivity contribution >= 4 is 21.9 Å². The number of halogens is 1. The number of carboxylic acids is 1. The second-order valence-corrected chi connectivity index (χ2v) is 6.56. The van der Waals surface area contributed by atoms with Crippen LogP contribution in [0.1, 0.15) is 25.3 Å². The van der Waals surface area contributed by atoms with Gasteiger partial charge in [0.1, 0.15) is 5.75 Å². The van der Waals surface area contributed by atoms with Gasteiger partial charge >= 0.3 is 5.97 Å². The van der Waals surface area contributed by atoms with Crippen LogP contribution < -0.4 is 4.74 Å². The summed E-state index contributed by atoms with van der Waals surface area (Å²) in [5.41, 5.74) is 0.957. The van der Waals surface area contributed by atoms with E-state index in [9.17, 15) is 9.90 Å². The van der Waals surface area contributed by atoms with Crippen LogP contribution in [0.4, 0.5) is 0 Å². The predicted molar refractivity (Wildman–Crippen MR) is 92.5 cm³/mol. The van der Waals surface area contributed by atoms with Crippen LogP contribution in [0.25, 0.3) is 0 Å². The van der Waals surface area contributed by atoms with E-state index in [4.69, 9.17) is 9.47 Å². The Hall–Kier alpha value is -1.75. The maximum absolute atomic E-state index is 12.0. The van der Waals surface area contributed by atoms with Crippen molar-refractivity contribution in [3.05, 3.63) is 51.7 Å². The Morgan fingerprint density at radius 2 is 2.04 bits per heavy atom. The number of hydrogen-bond acceptors (Lipinski definition) is 3. The zero-order chi connectivity index (χ0) is 17.0. The molecule has 0 fully saturated rings. The Balaban J connectivity index is 2.27. The Bertz CT molecular complexity index is 663. The van der Waals surface area contributed by atoms with E-state index in [2.05, 4.69) is 15.9 Å². The average molecular weight is 381 g/mol. The fourth-order valence-corrected chi connectivity index (χ4v) is 3.31. The maximum atomic E-state index is 12.0. The van der Waals surface area contributed by atoms with Crippen LogP contribution in [0.15, 0.2) is 46.2 Å². The molecule has 0 saturated heterocycles.